The molecule has 1 fully saturated rings. The number of nitrogens with one attached hydrogen (secondary N) is 2. The Morgan fingerprint density at radius 3 is 2.41 bits per heavy atom. The summed E-state index contributed by atoms with van der Waals surface area (Å²) in [7, 11) is 0. The van der Waals surface area contributed by atoms with Crippen molar-refractivity contribution in [3.05, 3.63) is 58.6 Å². The maximum Gasteiger partial charge on any atom is 0.408 e. The van der Waals surface area contributed by atoms with Crippen LogP contribution in [0.15, 0.2) is 42.5 Å². The van der Waals surface area contributed by atoms with Crippen molar-refractivity contribution in [2.75, 3.05) is 11.1 Å². The molecule has 0 saturated heterocycles. The molecule has 4 unspecified atom stereocenters. The Bertz CT molecular complexity index is 1150. The lowest BCUT2D eigenvalue weighted by Crippen LogP contribution is -2.54. The van der Waals surface area contributed by atoms with Crippen molar-refractivity contribution in [2.45, 2.75) is 64.8 Å². The third-order valence-corrected chi connectivity index (χ3v) is 6.71. The van der Waals surface area contributed by atoms with Gasteiger partial charge >= 0.3 is 6.09 Å². The maximum absolute atomic E-state index is 13.9. The normalized spacial score (nSPS) is 18.4. The van der Waals surface area contributed by atoms with Crippen molar-refractivity contribution in [2.24, 2.45) is 5.92 Å². The Kier molecular flexibility index (Phi) is 9.02. The summed E-state index contributed by atoms with van der Waals surface area (Å²) in [5.74, 6) is -0.883. The molecule has 0 spiro atoms. The molecule has 0 heterocycles. The molecule has 3 amide bonds. The van der Waals surface area contributed by atoms with Crippen LogP contribution in [0.25, 0.3) is 0 Å². The first-order valence-corrected chi connectivity index (χ1v) is 13.1. The Morgan fingerprint density at radius 2 is 1.86 bits per heavy atom. The highest BCUT2D eigenvalue weighted by Crippen LogP contribution is 2.41. The molecule has 3 rings (SSSR count). The van der Waals surface area contributed by atoms with E-state index in [9.17, 15) is 19.5 Å². The van der Waals surface area contributed by atoms with Gasteiger partial charge in [-0.3, -0.25) is 9.59 Å². The number of alkyl carbamates (subject to hydrolysis) is 1. The minimum absolute atomic E-state index is 0.00627. The number of aromatic hydroxyl groups is 1. The van der Waals surface area contributed by atoms with Gasteiger partial charge in [0.05, 0.1) is 10.7 Å². The Morgan fingerprint density at radius 1 is 1.22 bits per heavy atom. The van der Waals surface area contributed by atoms with E-state index in [1.54, 1.807) is 45.0 Å². The third kappa shape index (κ3) is 7.32. The van der Waals surface area contributed by atoms with Crippen LogP contribution in [0.1, 0.15) is 51.3 Å². The van der Waals surface area contributed by atoms with E-state index in [-0.39, 0.29) is 23.5 Å². The molecule has 200 valence electrons. The number of anilines is 1. The van der Waals surface area contributed by atoms with Gasteiger partial charge in [-0.05, 0) is 69.4 Å². The number of hydrogen-bond acceptors (Lipinski definition) is 6. The van der Waals surface area contributed by atoms with Crippen LogP contribution in [0.5, 0.6) is 5.75 Å². The Labute approximate surface area is 228 Å². The average Bonchev–Trinajstić information content (AvgIpc) is 3.52. The molecule has 0 aromatic heterocycles. The second kappa shape index (κ2) is 11.6. The first-order chi connectivity index (χ1) is 17.3. The minimum atomic E-state index is -1.10. The molecule has 10 heteroatoms. The fourth-order valence-corrected chi connectivity index (χ4v) is 4.62. The van der Waals surface area contributed by atoms with Crippen LogP contribution in [0.4, 0.5) is 10.5 Å². The number of aryl methyl sites for hydroxylation is 1. The van der Waals surface area contributed by atoms with Gasteiger partial charge in [0.25, 0.3) is 5.91 Å². The second-order valence-electron chi connectivity index (χ2n) is 10.3. The molecule has 8 nitrogen and oxygen atoms in total. The predicted octanol–water partition coefficient (Wildman–Crippen LogP) is 5.09. The van der Waals surface area contributed by atoms with Gasteiger partial charge in [-0.25, -0.2) is 4.79 Å². The van der Waals surface area contributed by atoms with Crippen molar-refractivity contribution in [1.29, 1.82) is 0 Å². The quantitative estimate of drug-likeness (QED) is 0.344. The van der Waals surface area contributed by atoms with Crippen LogP contribution in [0.3, 0.4) is 0 Å². The van der Waals surface area contributed by atoms with E-state index in [1.807, 2.05) is 19.9 Å². The smallest absolute Gasteiger partial charge is 0.408 e. The molecule has 0 bridgehead atoms. The zero-order chi connectivity index (χ0) is 27.5. The van der Waals surface area contributed by atoms with E-state index in [0.29, 0.717) is 22.7 Å². The van der Waals surface area contributed by atoms with Crippen molar-refractivity contribution in [3.63, 3.8) is 0 Å². The van der Waals surface area contributed by atoms with Crippen LogP contribution in [-0.2, 0) is 14.3 Å². The maximum atomic E-state index is 13.9. The number of rotatable bonds is 8. The van der Waals surface area contributed by atoms with E-state index in [4.69, 9.17) is 16.3 Å². The molecule has 37 heavy (non-hydrogen) atoms. The van der Waals surface area contributed by atoms with E-state index in [1.165, 1.54) is 17.0 Å². The summed E-state index contributed by atoms with van der Waals surface area (Å²) < 4.78 is 5.33. The lowest BCUT2D eigenvalue weighted by molar-refractivity contribution is -0.141. The van der Waals surface area contributed by atoms with Crippen molar-refractivity contribution in [3.8, 4) is 5.75 Å². The van der Waals surface area contributed by atoms with Crippen LogP contribution >= 0.6 is 24.2 Å². The largest absolute Gasteiger partial charge is 0.508 e. The van der Waals surface area contributed by atoms with Gasteiger partial charge in [0.15, 0.2) is 0 Å². The average molecular weight is 548 g/mol. The molecular formula is C27H34ClN3O5S. The lowest BCUT2D eigenvalue weighted by Gasteiger charge is -2.35. The Hall–Kier alpha value is -2.91. The van der Waals surface area contributed by atoms with Crippen LogP contribution in [0, 0.1) is 12.8 Å². The molecule has 1 aliphatic rings. The predicted molar refractivity (Wildman–Crippen MR) is 147 cm³/mol. The molecule has 2 aromatic carbocycles. The molecule has 1 saturated carbocycles. The molecule has 0 radical (unpaired) electrons. The number of para-hydroxylation sites is 1. The lowest BCUT2D eigenvalue weighted by atomic mass is 10.0. The Balaban J connectivity index is 2.01. The molecule has 2 aromatic rings. The van der Waals surface area contributed by atoms with E-state index in [0.717, 1.165) is 5.56 Å². The molecule has 1 aliphatic carbocycles. The van der Waals surface area contributed by atoms with Gasteiger partial charge in [-0.2, -0.15) is 12.6 Å². The summed E-state index contributed by atoms with van der Waals surface area (Å²) in [6.45, 7) is 8.97. The molecule has 4 atom stereocenters. The number of benzene rings is 2. The molecular weight excluding hydrogens is 514 g/mol. The fraction of sp³-hybridized carbons (Fsp3) is 0.444. The number of ether oxygens (including phenoxy) is 1. The van der Waals surface area contributed by atoms with Gasteiger partial charge in [-0.1, -0.05) is 42.8 Å². The monoisotopic (exact) mass is 547 g/mol. The van der Waals surface area contributed by atoms with Crippen molar-refractivity contribution in [1.82, 2.24) is 10.2 Å². The SMILES string of the molecule is Cc1cccc(Cl)c1NC(=O)C(c1cccc(O)c1)N(C(=O)C(CS)NC(=O)OC(C)(C)C)C1CC1C. The van der Waals surface area contributed by atoms with Gasteiger partial charge in [-0.15, -0.1) is 0 Å². The highest BCUT2D eigenvalue weighted by atomic mass is 35.5. The van der Waals surface area contributed by atoms with Gasteiger partial charge in [0.2, 0.25) is 5.91 Å². The number of carbonyl (C=O) groups is 3. The number of phenolic OH excluding ortho intramolecular Hbond substituents is 1. The summed E-state index contributed by atoms with van der Waals surface area (Å²) in [5.41, 5.74) is 0.863. The first kappa shape index (κ1) is 28.7. The number of halogens is 1. The number of amides is 3. The number of phenols is 1. The number of nitrogens with zero attached hydrogens (tertiary/aromatic N) is 1. The standard InChI is InChI=1S/C27H34ClN3O5S/c1-15-8-6-11-19(28)22(15)30-24(33)23(17-9-7-10-18(32)13-17)31(21-12-16(21)2)25(34)20(14-37)29-26(35)36-27(3,4)5/h6-11,13,16,20-21,23,32,37H,12,14H2,1-5H3,(H,29,35)(H,30,33). The van der Waals surface area contributed by atoms with E-state index < -0.39 is 35.6 Å². The highest BCUT2D eigenvalue weighted by Gasteiger charge is 2.48. The van der Waals surface area contributed by atoms with Gasteiger partial charge < -0.3 is 25.4 Å². The summed E-state index contributed by atoms with van der Waals surface area (Å²) in [6, 6.07) is 9.10. The minimum Gasteiger partial charge on any atom is -0.508 e. The number of thiol groups is 1. The van der Waals surface area contributed by atoms with Gasteiger partial charge in [0, 0.05) is 11.8 Å². The number of carbonyl (C=O) groups excluding carboxylic acids is 3. The highest BCUT2D eigenvalue weighted by molar-refractivity contribution is 7.80. The molecule has 0 aliphatic heterocycles. The fourth-order valence-electron chi connectivity index (χ4n) is 4.10. The van der Waals surface area contributed by atoms with E-state index in [2.05, 4.69) is 23.3 Å². The summed E-state index contributed by atoms with van der Waals surface area (Å²) in [5, 5.41) is 16.0. The van der Waals surface area contributed by atoms with Crippen LogP contribution in [-0.4, -0.2) is 51.4 Å². The van der Waals surface area contributed by atoms with Crippen molar-refractivity contribution >= 4 is 47.8 Å². The zero-order valence-electron chi connectivity index (χ0n) is 21.6. The number of hydrogen-bond donors (Lipinski definition) is 4. The summed E-state index contributed by atoms with van der Waals surface area (Å²) >= 11 is 10.7. The topological polar surface area (TPSA) is 108 Å². The zero-order valence-corrected chi connectivity index (χ0v) is 23.3. The van der Waals surface area contributed by atoms with E-state index >= 15 is 0 Å². The molecule has 3 N–H and O–H groups in total. The summed E-state index contributed by atoms with van der Waals surface area (Å²) in [4.78, 5) is 41.7. The third-order valence-electron chi connectivity index (χ3n) is 6.03. The second-order valence-corrected chi connectivity index (χ2v) is 11.1. The summed E-state index contributed by atoms with van der Waals surface area (Å²) in [6.07, 6.45) is -0.0701. The van der Waals surface area contributed by atoms with Gasteiger partial charge in [0.1, 0.15) is 23.4 Å². The van der Waals surface area contributed by atoms with Crippen LogP contribution < -0.4 is 10.6 Å². The van der Waals surface area contributed by atoms with Crippen molar-refractivity contribution < 1.29 is 24.2 Å². The first-order valence-electron chi connectivity index (χ1n) is 12.1. The van der Waals surface area contributed by atoms with Crippen LogP contribution in [0.2, 0.25) is 5.02 Å².